The molecule has 0 saturated carbocycles. The first-order chi connectivity index (χ1) is 16.6. The Bertz CT molecular complexity index is 541. The van der Waals surface area contributed by atoms with Gasteiger partial charge in [-0.3, -0.25) is 14.4 Å². The molecule has 1 fully saturated rings. The lowest BCUT2D eigenvalue weighted by Gasteiger charge is -2.23. The van der Waals surface area contributed by atoms with Gasteiger partial charge in [-0.15, -0.1) is 0 Å². The van der Waals surface area contributed by atoms with Crippen molar-refractivity contribution >= 4 is 17.7 Å². The summed E-state index contributed by atoms with van der Waals surface area (Å²) < 4.78 is 15.3. The van der Waals surface area contributed by atoms with Gasteiger partial charge in [-0.25, -0.2) is 0 Å². The van der Waals surface area contributed by atoms with Gasteiger partial charge in [-0.05, 0) is 19.3 Å². The number of hydrogen-bond acceptors (Lipinski definition) is 6. The number of carbonyl (C=O) groups is 3. The van der Waals surface area contributed by atoms with Crippen LogP contribution in [0, 0.1) is 5.92 Å². The summed E-state index contributed by atoms with van der Waals surface area (Å²) in [7, 11) is 1.18. The zero-order chi connectivity index (χ0) is 24.9. The summed E-state index contributed by atoms with van der Waals surface area (Å²) in [5, 5.41) is 0. The minimum atomic E-state index is -1.49. The number of hydrogen-bond donors (Lipinski definition) is 0. The van der Waals surface area contributed by atoms with E-state index in [0.29, 0.717) is 19.4 Å². The third kappa shape index (κ3) is 14.7. The van der Waals surface area contributed by atoms with Crippen LogP contribution in [0.1, 0.15) is 135 Å². The van der Waals surface area contributed by atoms with Gasteiger partial charge in [0.1, 0.15) is 0 Å². The van der Waals surface area contributed by atoms with E-state index in [2.05, 4.69) is 11.7 Å². The summed E-state index contributed by atoms with van der Waals surface area (Å²) in [6.45, 7) is 2.78. The topological polar surface area (TPSA) is 78.9 Å². The molecule has 0 aromatic rings. The number of carbonyl (C=O) groups excluding carboxylic acids is 3. The Labute approximate surface area is 207 Å². The van der Waals surface area contributed by atoms with Crippen LogP contribution in [0.3, 0.4) is 0 Å². The fourth-order valence-electron chi connectivity index (χ4n) is 4.47. The number of unbranched alkanes of at least 4 members (excludes halogenated alkanes) is 15. The number of esters is 2. The normalized spacial score (nSPS) is 16.7. The molecule has 6 nitrogen and oxygen atoms in total. The lowest BCUT2D eigenvalue weighted by atomic mass is 9.98. The third-order valence-corrected chi connectivity index (χ3v) is 6.66. The zero-order valence-corrected chi connectivity index (χ0v) is 22.0. The van der Waals surface area contributed by atoms with Crippen molar-refractivity contribution in [2.45, 2.75) is 142 Å². The molecule has 0 N–H and O–H groups in total. The van der Waals surface area contributed by atoms with Crippen LogP contribution in [0.15, 0.2) is 0 Å². The molecule has 2 unspecified atom stereocenters. The van der Waals surface area contributed by atoms with Crippen molar-refractivity contribution in [3.05, 3.63) is 0 Å². The molecule has 0 spiro atoms. The molecular formula is C28H50O6. The van der Waals surface area contributed by atoms with E-state index in [9.17, 15) is 14.4 Å². The lowest BCUT2D eigenvalue weighted by molar-refractivity contribution is -0.193. The van der Waals surface area contributed by atoms with Crippen molar-refractivity contribution in [3.63, 3.8) is 0 Å². The molecule has 198 valence electrons. The summed E-state index contributed by atoms with van der Waals surface area (Å²) in [5.41, 5.74) is 0. The largest absolute Gasteiger partial charge is 0.468 e. The fourth-order valence-corrected chi connectivity index (χ4v) is 4.47. The molecule has 1 saturated heterocycles. The fraction of sp³-hybridized carbons (Fsp3) is 0.893. The second-order valence-corrected chi connectivity index (χ2v) is 9.71. The predicted molar refractivity (Wildman–Crippen MR) is 134 cm³/mol. The smallest absolute Gasteiger partial charge is 0.330 e. The molecule has 1 heterocycles. The molecule has 0 aromatic heterocycles. The Morgan fingerprint density at radius 3 is 1.68 bits per heavy atom. The summed E-state index contributed by atoms with van der Waals surface area (Å²) in [5.74, 6) is -3.60. The van der Waals surface area contributed by atoms with Crippen molar-refractivity contribution in [1.82, 2.24) is 0 Å². The van der Waals surface area contributed by atoms with Crippen molar-refractivity contribution in [2.75, 3.05) is 13.7 Å². The summed E-state index contributed by atoms with van der Waals surface area (Å²) in [4.78, 5) is 37.0. The Morgan fingerprint density at radius 2 is 1.24 bits per heavy atom. The zero-order valence-electron chi connectivity index (χ0n) is 22.0. The van der Waals surface area contributed by atoms with Gasteiger partial charge >= 0.3 is 11.9 Å². The number of ketones is 1. The van der Waals surface area contributed by atoms with Gasteiger partial charge in [0.25, 0.3) is 0 Å². The predicted octanol–water partition coefficient (Wildman–Crippen LogP) is 7.07. The molecule has 0 aliphatic carbocycles. The monoisotopic (exact) mass is 482 g/mol. The molecule has 1 aliphatic rings. The molecule has 1 rings (SSSR count). The van der Waals surface area contributed by atoms with Gasteiger partial charge in [0, 0.05) is 12.8 Å². The van der Waals surface area contributed by atoms with Gasteiger partial charge in [0.05, 0.1) is 13.7 Å². The van der Waals surface area contributed by atoms with Crippen LogP contribution in [0.5, 0.6) is 0 Å². The van der Waals surface area contributed by atoms with E-state index in [4.69, 9.17) is 9.47 Å². The molecular weight excluding hydrogens is 432 g/mol. The number of Topliss-reactive ketones (excluding diaryl/α,β-unsaturated/α-hetero) is 1. The highest BCUT2D eigenvalue weighted by Crippen LogP contribution is 2.19. The van der Waals surface area contributed by atoms with Gasteiger partial charge in [0.2, 0.25) is 12.2 Å². The Kier molecular flexibility index (Phi) is 18.8. The molecule has 6 heteroatoms. The van der Waals surface area contributed by atoms with Crippen LogP contribution in [-0.4, -0.2) is 37.7 Å². The molecule has 2 atom stereocenters. The number of rotatable bonds is 21. The quantitative estimate of drug-likeness (QED) is 0.0989. The van der Waals surface area contributed by atoms with E-state index in [1.165, 1.54) is 90.6 Å². The average molecular weight is 483 g/mol. The van der Waals surface area contributed by atoms with Gasteiger partial charge in [-0.1, -0.05) is 103 Å². The lowest BCUT2D eigenvalue weighted by Crippen LogP contribution is -2.37. The second-order valence-electron chi connectivity index (χ2n) is 9.71. The van der Waals surface area contributed by atoms with Crippen LogP contribution in [0.25, 0.3) is 0 Å². The van der Waals surface area contributed by atoms with Crippen molar-refractivity contribution in [1.29, 1.82) is 0 Å². The van der Waals surface area contributed by atoms with E-state index >= 15 is 0 Å². The van der Waals surface area contributed by atoms with Crippen LogP contribution in [0.2, 0.25) is 0 Å². The molecule has 34 heavy (non-hydrogen) atoms. The minimum absolute atomic E-state index is 0.193. The van der Waals surface area contributed by atoms with Gasteiger partial charge in [-0.2, -0.15) is 0 Å². The third-order valence-electron chi connectivity index (χ3n) is 6.66. The van der Waals surface area contributed by atoms with Gasteiger partial charge < -0.3 is 14.2 Å². The first-order valence-electron chi connectivity index (χ1n) is 14.0. The maximum Gasteiger partial charge on any atom is 0.330 e. The highest BCUT2D eigenvalue weighted by atomic mass is 16.7. The van der Waals surface area contributed by atoms with Crippen LogP contribution in [0.4, 0.5) is 0 Å². The first kappa shape index (κ1) is 30.6. The SMILES string of the molecule is CCCCCCCCCCCCCCCCCCC(=O)C(C(=O)OC)C(=O)OC1CCCCO1. The van der Waals surface area contributed by atoms with Crippen molar-refractivity contribution in [3.8, 4) is 0 Å². The van der Waals surface area contributed by atoms with Gasteiger partial charge in [0.15, 0.2) is 5.78 Å². The van der Waals surface area contributed by atoms with Crippen molar-refractivity contribution in [2.24, 2.45) is 5.92 Å². The average Bonchev–Trinajstić information content (AvgIpc) is 2.84. The first-order valence-corrected chi connectivity index (χ1v) is 14.0. The Morgan fingerprint density at radius 1 is 0.735 bits per heavy atom. The molecule has 0 bridgehead atoms. The molecule has 0 amide bonds. The maximum atomic E-state index is 12.5. The highest BCUT2D eigenvalue weighted by molar-refractivity contribution is 6.14. The van der Waals surface area contributed by atoms with E-state index in [1.54, 1.807) is 0 Å². The highest BCUT2D eigenvalue weighted by Gasteiger charge is 2.37. The second kappa shape index (κ2) is 20.9. The van der Waals surface area contributed by atoms with E-state index < -0.39 is 29.9 Å². The van der Waals surface area contributed by atoms with E-state index in [-0.39, 0.29) is 6.42 Å². The van der Waals surface area contributed by atoms with E-state index in [1.807, 2.05) is 0 Å². The van der Waals surface area contributed by atoms with Crippen molar-refractivity contribution < 1.29 is 28.6 Å². The molecule has 0 aromatic carbocycles. The number of ether oxygens (including phenoxy) is 3. The summed E-state index contributed by atoms with van der Waals surface area (Å²) in [6, 6.07) is 0. The summed E-state index contributed by atoms with van der Waals surface area (Å²) in [6.07, 6.45) is 22.0. The van der Waals surface area contributed by atoms with E-state index in [0.717, 1.165) is 25.7 Å². The summed E-state index contributed by atoms with van der Waals surface area (Å²) >= 11 is 0. The molecule has 0 radical (unpaired) electrons. The minimum Gasteiger partial charge on any atom is -0.468 e. The Hall–Kier alpha value is -1.43. The standard InChI is InChI=1S/C28H50O6/c1-3-4-5-6-7-8-9-10-11-12-13-14-15-16-17-18-21-24(29)26(27(30)32-2)28(31)34-25-22-19-20-23-33-25/h25-26H,3-23H2,1-2H3. The Balaban J connectivity index is 2.04. The van der Waals surface area contributed by atoms with Crippen LogP contribution >= 0.6 is 0 Å². The van der Waals surface area contributed by atoms with Crippen LogP contribution < -0.4 is 0 Å². The number of methoxy groups -OCH3 is 1. The van der Waals surface area contributed by atoms with Crippen LogP contribution in [-0.2, 0) is 28.6 Å². The maximum absolute atomic E-state index is 12.5. The molecule has 1 aliphatic heterocycles.